The van der Waals surface area contributed by atoms with Crippen molar-refractivity contribution < 1.29 is 28.7 Å². The fourth-order valence-corrected chi connectivity index (χ4v) is 7.34. The van der Waals surface area contributed by atoms with Crippen molar-refractivity contribution in [2.24, 2.45) is 5.41 Å². The van der Waals surface area contributed by atoms with Crippen LogP contribution in [0.15, 0.2) is 36.4 Å². The van der Waals surface area contributed by atoms with Crippen molar-refractivity contribution in [3.05, 3.63) is 58.7 Å². The highest BCUT2D eigenvalue weighted by molar-refractivity contribution is 6.01. The van der Waals surface area contributed by atoms with Crippen molar-refractivity contribution >= 4 is 23.5 Å². The van der Waals surface area contributed by atoms with Gasteiger partial charge in [-0.05, 0) is 92.1 Å². The molecule has 3 fully saturated rings. The van der Waals surface area contributed by atoms with Crippen LogP contribution in [0.2, 0.25) is 0 Å². The largest absolute Gasteiger partial charge is 0.456 e. The standard InChI is InChI=1S/C34H40N2O6/c37-30(20-41-32(39)28-6-4-16-35-28)23-10-8-22(9-11-23)24-12-13-25(31(38)21-42-33(40)29-7-5-17-36-29)27-19-34(18-26(24)27)14-2-1-3-15-34/h8-13,28-29,35-36H,1-7,14-21H2/t28-,29-/m0/s1. The molecule has 8 nitrogen and oxygen atoms in total. The zero-order chi connectivity index (χ0) is 29.1. The Morgan fingerprint density at radius 3 is 1.88 bits per heavy atom. The summed E-state index contributed by atoms with van der Waals surface area (Å²) in [7, 11) is 0. The van der Waals surface area contributed by atoms with Gasteiger partial charge in [0.25, 0.3) is 0 Å². The maximum Gasteiger partial charge on any atom is 0.323 e. The Morgan fingerprint density at radius 2 is 1.29 bits per heavy atom. The van der Waals surface area contributed by atoms with Gasteiger partial charge in [0.05, 0.1) is 0 Å². The van der Waals surface area contributed by atoms with E-state index in [9.17, 15) is 19.2 Å². The molecular formula is C34H40N2O6. The molecule has 2 atom stereocenters. The highest BCUT2D eigenvalue weighted by atomic mass is 16.5. The lowest BCUT2D eigenvalue weighted by molar-refractivity contribution is -0.145. The average molecular weight is 573 g/mol. The molecule has 6 rings (SSSR count). The van der Waals surface area contributed by atoms with Crippen molar-refractivity contribution in [1.29, 1.82) is 0 Å². The van der Waals surface area contributed by atoms with Crippen LogP contribution in [0.25, 0.3) is 11.1 Å². The molecule has 1 spiro atoms. The molecule has 222 valence electrons. The second kappa shape index (κ2) is 12.5. The van der Waals surface area contributed by atoms with Crippen molar-refractivity contribution in [3.63, 3.8) is 0 Å². The molecule has 2 heterocycles. The smallest absolute Gasteiger partial charge is 0.323 e. The molecule has 0 amide bonds. The monoisotopic (exact) mass is 572 g/mol. The van der Waals surface area contributed by atoms with Crippen LogP contribution in [0.1, 0.15) is 89.6 Å². The summed E-state index contributed by atoms with van der Waals surface area (Å²) in [6.07, 6.45) is 11.1. The van der Waals surface area contributed by atoms with Gasteiger partial charge < -0.3 is 20.1 Å². The summed E-state index contributed by atoms with van der Waals surface area (Å²) in [6, 6.07) is 10.7. The number of nitrogens with one attached hydrogen (secondary N) is 2. The maximum atomic E-state index is 13.4. The average Bonchev–Trinajstić information content (AvgIpc) is 3.80. The molecular weight excluding hydrogens is 532 g/mol. The molecule has 0 radical (unpaired) electrons. The molecule has 0 aromatic heterocycles. The van der Waals surface area contributed by atoms with Gasteiger partial charge in [-0.15, -0.1) is 0 Å². The van der Waals surface area contributed by atoms with E-state index in [1.54, 1.807) is 12.1 Å². The summed E-state index contributed by atoms with van der Waals surface area (Å²) in [4.78, 5) is 50.7. The fourth-order valence-electron chi connectivity index (χ4n) is 7.34. The number of hydrogen-bond acceptors (Lipinski definition) is 8. The number of hydrogen-bond donors (Lipinski definition) is 2. The number of carbonyl (C=O) groups is 4. The van der Waals surface area contributed by atoms with E-state index >= 15 is 0 Å². The number of ether oxygens (including phenoxy) is 2. The van der Waals surface area contributed by atoms with E-state index in [1.165, 1.54) is 24.8 Å². The molecule has 2 aliphatic carbocycles. The van der Waals surface area contributed by atoms with Gasteiger partial charge in [-0.25, -0.2) is 0 Å². The molecule has 0 unspecified atom stereocenters. The molecule has 0 bridgehead atoms. The first-order valence-electron chi connectivity index (χ1n) is 15.5. The van der Waals surface area contributed by atoms with Gasteiger partial charge in [0.1, 0.15) is 12.1 Å². The number of benzene rings is 2. The van der Waals surface area contributed by atoms with Crippen LogP contribution in [-0.4, -0.2) is 61.9 Å². The first-order valence-corrected chi connectivity index (χ1v) is 15.5. The topological polar surface area (TPSA) is 111 Å². The molecule has 2 aromatic rings. The highest BCUT2D eigenvalue weighted by Crippen LogP contribution is 2.50. The lowest BCUT2D eigenvalue weighted by atomic mass is 9.72. The van der Waals surface area contributed by atoms with Crippen LogP contribution >= 0.6 is 0 Å². The van der Waals surface area contributed by atoms with Crippen LogP contribution in [0.3, 0.4) is 0 Å². The predicted octanol–water partition coefficient (Wildman–Crippen LogP) is 4.36. The molecule has 4 aliphatic rings. The third-order valence-electron chi connectivity index (χ3n) is 9.65. The van der Waals surface area contributed by atoms with Gasteiger partial charge >= 0.3 is 11.9 Å². The molecule has 2 saturated heterocycles. The molecule has 2 aromatic carbocycles. The SMILES string of the molecule is O=C(COC(=O)[C@@H]1CCCN1)c1ccc(-c2ccc(C(=O)COC(=O)[C@@H]3CCCN3)c3c2CC2(CCCCC2)C3)cc1. The number of rotatable bonds is 9. The second-order valence-electron chi connectivity index (χ2n) is 12.5. The summed E-state index contributed by atoms with van der Waals surface area (Å²) in [6.45, 7) is 1.08. The maximum absolute atomic E-state index is 13.4. The highest BCUT2D eigenvalue weighted by Gasteiger charge is 2.41. The zero-order valence-electron chi connectivity index (χ0n) is 24.2. The second-order valence-corrected chi connectivity index (χ2v) is 12.5. The first kappa shape index (κ1) is 28.7. The Bertz CT molecular complexity index is 1350. The lowest BCUT2D eigenvalue weighted by Gasteiger charge is -2.33. The van der Waals surface area contributed by atoms with E-state index in [4.69, 9.17) is 9.47 Å². The minimum absolute atomic E-state index is 0.152. The van der Waals surface area contributed by atoms with E-state index < -0.39 is 0 Å². The third-order valence-corrected chi connectivity index (χ3v) is 9.65. The molecule has 1 saturated carbocycles. The van der Waals surface area contributed by atoms with Gasteiger partial charge in [-0.1, -0.05) is 55.7 Å². The minimum Gasteiger partial charge on any atom is -0.456 e. The first-order chi connectivity index (χ1) is 20.4. The van der Waals surface area contributed by atoms with Crippen LogP contribution in [0.4, 0.5) is 0 Å². The van der Waals surface area contributed by atoms with E-state index in [0.29, 0.717) is 11.1 Å². The quantitative estimate of drug-likeness (QED) is 0.337. The Balaban J connectivity index is 1.19. The van der Waals surface area contributed by atoms with E-state index in [1.807, 2.05) is 24.3 Å². The minimum atomic E-state index is -0.371. The summed E-state index contributed by atoms with van der Waals surface area (Å²) in [5.74, 6) is -1.11. The van der Waals surface area contributed by atoms with Gasteiger partial charge in [0.15, 0.2) is 19.0 Å². The molecule has 2 aliphatic heterocycles. The van der Waals surface area contributed by atoms with Crippen molar-refractivity contribution in [2.45, 2.75) is 82.7 Å². The van der Waals surface area contributed by atoms with E-state index in [2.05, 4.69) is 10.6 Å². The predicted molar refractivity (Wildman–Crippen MR) is 157 cm³/mol. The van der Waals surface area contributed by atoms with Crippen molar-refractivity contribution in [1.82, 2.24) is 10.6 Å². The third kappa shape index (κ3) is 6.06. The van der Waals surface area contributed by atoms with Crippen molar-refractivity contribution in [2.75, 3.05) is 26.3 Å². The number of fused-ring (bicyclic) bond motifs is 1. The summed E-state index contributed by atoms with van der Waals surface area (Å²) < 4.78 is 10.7. The van der Waals surface area contributed by atoms with Crippen LogP contribution < -0.4 is 10.6 Å². The number of Topliss-reactive ketones (excluding diaryl/α,β-unsaturated/α-hetero) is 2. The Kier molecular flexibility index (Phi) is 8.54. The molecule has 8 heteroatoms. The van der Waals surface area contributed by atoms with Gasteiger partial charge in [-0.2, -0.15) is 0 Å². The Morgan fingerprint density at radius 1 is 0.690 bits per heavy atom. The zero-order valence-corrected chi connectivity index (χ0v) is 24.2. The van der Waals surface area contributed by atoms with Gasteiger partial charge in [-0.3, -0.25) is 19.2 Å². The lowest BCUT2D eigenvalue weighted by Crippen LogP contribution is -2.33. The van der Waals surface area contributed by atoms with Gasteiger partial charge in [0, 0.05) is 11.1 Å². The summed E-state index contributed by atoms with van der Waals surface area (Å²) in [5.41, 5.74) is 5.68. The van der Waals surface area contributed by atoms with E-state index in [0.717, 1.165) is 81.1 Å². The Hall–Kier alpha value is -3.36. The number of carbonyl (C=O) groups excluding carboxylic acids is 4. The summed E-state index contributed by atoms with van der Waals surface area (Å²) >= 11 is 0. The number of ketones is 2. The van der Waals surface area contributed by atoms with Crippen LogP contribution in [0, 0.1) is 5.41 Å². The normalized spacial score (nSPS) is 22.6. The van der Waals surface area contributed by atoms with Crippen LogP contribution in [0.5, 0.6) is 0 Å². The van der Waals surface area contributed by atoms with Crippen molar-refractivity contribution in [3.8, 4) is 11.1 Å². The molecule has 2 N–H and O–H groups in total. The molecule has 42 heavy (non-hydrogen) atoms. The number of esters is 2. The fraction of sp³-hybridized carbons (Fsp3) is 0.529. The summed E-state index contributed by atoms with van der Waals surface area (Å²) in [5, 5.41) is 6.22. The van der Waals surface area contributed by atoms with Crippen LogP contribution in [-0.2, 0) is 31.9 Å². The van der Waals surface area contributed by atoms with E-state index in [-0.39, 0.29) is 54.2 Å². The van der Waals surface area contributed by atoms with Gasteiger partial charge in [0.2, 0.25) is 5.78 Å². The Labute approximate surface area is 246 Å².